The molecule has 1 amide bonds. The van der Waals surface area contributed by atoms with Gasteiger partial charge in [0, 0.05) is 81.6 Å². The Morgan fingerprint density at radius 2 is 1.73 bits per heavy atom. The van der Waals surface area contributed by atoms with Crippen molar-refractivity contribution in [2.24, 2.45) is 5.92 Å². The molecule has 2 bridgehead atoms. The second kappa shape index (κ2) is 12.0. The molecule has 4 atom stereocenters. The molecule has 0 spiro atoms. The summed E-state index contributed by atoms with van der Waals surface area (Å²) in [5, 5.41) is 6.53. The zero-order valence-corrected chi connectivity index (χ0v) is 24.4. The number of nitrogens with one attached hydrogen (secondary N) is 2. The van der Waals surface area contributed by atoms with Gasteiger partial charge in [-0.1, -0.05) is 43.3 Å². The highest BCUT2D eigenvalue weighted by atomic mass is 19.1. The Morgan fingerprint density at radius 1 is 0.927 bits per heavy atom. The number of hydrogen-bond donors (Lipinski definition) is 2. The van der Waals surface area contributed by atoms with Gasteiger partial charge < -0.3 is 15.5 Å². The van der Waals surface area contributed by atoms with Crippen molar-refractivity contribution in [3.8, 4) is 11.1 Å². The predicted molar refractivity (Wildman–Crippen MR) is 162 cm³/mol. The van der Waals surface area contributed by atoms with Gasteiger partial charge in [-0.3, -0.25) is 14.6 Å². The van der Waals surface area contributed by atoms with E-state index < -0.39 is 0 Å². The van der Waals surface area contributed by atoms with Crippen LogP contribution in [-0.4, -0.2) is 78.5 Å². The van der Waals surface area contributed by atoms with Crippen LogP contribution in [0.4, 0.5) is 4.39 Å². The highest BCUT2D eigenvalue weighted by molar-refractivity contribution is 5.94. The summed E-state index contributed by atoms with van der Waals surface area (Å²) in [6.07, 6.45) is 0. The number of piperazine rings is 2. The van der Waals surface area contributed by atoms with Crippen LogP contribution in [0.2, 0.25) is 0 Å². The van der Waals surface area contributed by atoms with Crippen LogP contribution in [0.1, 0.15) is 40.9 Å². The second-order valence-corrected chi connectivity index (χ2v) is 12.4. The summed E-state index contributed by atoms with van der Waals surface area (Å²) >= 11 is 0. The van der Waals surface area contributed by atoms with Crippen LogP contribution in [0, 0.1) is 11.7 Å². The molecular formula is C34H42FN5O. The maximum atomic E-state index is 15.0. The van der Waals surface area contributed by atoms with Crippen LogP contribution in [0.15, 0.2) is 66.7 Å². The molecule has 3 saturated heterocycles. The van der Waals surface area contributed by atoms with Crippen molar-refractivity contribution < 1.29 is 9.18 Å². The van der Waals surface area contributed by atoms with Crippen molar-refractivity contribution in [2.75, 3.05) is 39.8 Å². The number of likely N-dealkylation sites (N-methyl/N-ethyl adjacent to an activating group) is 1. The smallest absolute Gasteiger partial charge is 0.251 e. The van der Waals surface area contributed by atoms with Gasteiger partial charge in [-0.05, 0) is 72.5 Å². The number of likely N-dealkylation sites (tertiary alicyclic amines) is 2. The van der Waals surface area contributed by atoms with Crippen molar-refractivity contribution in [3.63, 3.8) is 0 Å². The quantitative estimate of drug-likeness (QED) is 0.433. The Hall–Kier alpha value is -3.10. The molecule has 2 N–H and O–H groups in total. The molecule has 3 fully saturated rings. The number of carbonyl (C=O) groups is 1. The van der Waals surface area contributed by atoms with Crippen molar-refractivity contribution >= 4 is 5.91 Å². The van der Waals surface area contributed by atoms with Gasteiger partial charge in [0.15, 0.2) is 0 Å². The summed E-state index contributed by atoms with van der Waals surface area (Å²) in [6.45, 7) is 11.8. The molecule has 0 aromatic heterocycles. The minimum Gasteiger partial charge on any atom is -0.348 e. The molecule has 0 unspecified atom stereocenters. The van der Waals surface area contributed by atoms with Gasteiger partial charge in [0.1, 0.15) is 5.82 Å². The minimum absolute atomic E-state index is 0.110. The van der Waals surface area contributed by atoms with Gasteiger partial charge in [-0.15, -0.1) is 0 Å². The predicted octanol–water partition coefficient (Wildman–Crippen LogP) is 4.35. The molecule has 6 nitrogen and oxygen atoms in total. The van der Waals surface area contributed by atoms with E-state index in [9.17, 15) is 9.18 Å². The Bertz CT molecular complexity index is 1400. The van der Waals surface area contributed by atoms with Gasteiger partial charge in [0.25, 0.3) is 5.91 Å². The van der Waals surface area contributed by atoms with Crippen molar-refractivity contribution in [3.05, 3.63) is 94.8 Å². The molecule has 7 heteroatoms. The summed E-state index contributed by atoms with van der Waals surface area (Å²) in [6, 6.07) is 22.9. The van der Waals surface area contributed by atoms with Gasteiger partial charge in [-0.2, -0.15) is 0 Å². The fraction of sp³-hybridized carbons (Fsp3) is 0.441. The van der Waals surface area contributed by atoms with Crippen LogP contribution in [0.5, 0.6) is 0 Å². The summed E-state index contributed by atoms with van der Waals surface area (Å²) in [4.78, 5) is 20.6. The molecular weight excluding hydrogens is 513 g/mol. The average molecular weight is 556 g/mol. The first-order valence-corrected chi connectivity index (χ1v) is 15.0. The van der Waals surface area contributed by atoms with E-state index in [1.54, 1.807) is 6.07 Å². The minimum atomic E-state index is -0.253. The maximum absolute atomic E-state index is 15.0. The highest BCUT2D eigenvalue weighted by Gasteiger charge is 2.47. The number of benzene rings is 3. The van der Waals surface area contributed by atoms with Gasteiger partial charge in [-0.25, -0.2) is 4.39 Å². The number of fused-ring (bicyclic) bond motifs is 2. The normalized spacial score (nSPS) is 25.1. The molecule has 3 aliphatic rings. The number of rotatable bonds is 8. The molecule has 6 rings (SSSR count). The Kier molecular flexibility index (Phi) is 8.22. The van der Waals surface area contributed by atoms with Crippen molar-refractivity contribution in [2.45, 2.75) is 51.6 Å². The fourth-order valence-corrected chi connectivity index (χ4v) is 7.05. The SMILES string of the molecule is C[C@H]1[C@H]2CN(Cc3cccc(C(=O)NCc4ccc(F)c(-c5cccc(CN6CCN[C@@H](C)C6)c5)c4)c3)[C@@H]1CN2C. The number of amides is 1. The molecule has 3 heterocycles. The Balaban J connectivity index is 1.09. The van der Waals surface area contributed by atoms with Gasteiger partial charge >= 0.3 is 0 Å². The van der Waals surface area contributed by atoms with Gasteiger partial charge in [0.05, 0.1) is 0 Å². The Labute approximate surface area is 243 Å². The Morgan fingerprint density at radius 3 is 2.49 bits per heavy atom. The topological polar surface area (TPSA) is 50.9 Å². The summed E-state index contributed by atoms with van der Waals surface area (Å²) in [5.74, 6) is 0.323. The molecule has 216 valence electrons. The zero-order chi connectivity index (χ0) is 28.5. The van der Waals surface area contributed by atoms with E-state index in [0.29, 0.717) is 41.7 Å². The number of carbonyl (C=O) groups excluding carboxylic acids is 1. The molecule has 0 saturated carbocycles. The third-order valence-electron chi connectivity index (χ3n) is 9.30. The van der Waals surface area contributed by atoms with E-state index in [1.807, 2.05) is 36.4 Å². The first-order chi connectivity index (χ1) is 19.8. The first kappa shape index (κ1) is 28.0. The van der Waals surface area contributed by atoms with Crippen LogP contribution in [0.3, 0.4) is 0 Å². The van der Waals surface area contributed by atoms with Gasteiger partial charge in [0.2, 0.25) is 0 Å². The molecule has 3 aromatic rings. The molecule has 3 aliphatic heterocycles. The average Bonchev–Trinajstić information content (AvgIpc) is 3.41. The summed E-state index contributed by atoms with van der Waals surface area (Å²) in [7, 11) is 2.22. The van der Waals surface area contributed by atoms with Crippen LogP contribution in [0.25, 0.3) is 11.1 Å². The van der Waals surface area contributed by atoms with Crippen molar-refractivity contribution in [1.29, 1.82) is 0 Å². The van der Waals surface area contributed by atoms with E-state index in [4.69, 9.17) is 0 Å². The van der Waals surface area contributed by atoms with E-state index in [1.165, 1.54) is 17.2 Å². The summed E-state index contributed by atoms with van der Waals surface area (Å²) in [5.41, 5.74) is 5.30. The lowest BCUT2D eigenvalue weighted by Gasteiger charge is -2.31. The molecule has 41 heavy (non-hydrogen) atoms. The number of nitrogens with zero attached hydrogens (tertiary/aromatic N) is 3. The first-order valence-electron chi connectivity index (χ1n) is 15.0. The third kappa shape index (κ3) is 6.24. The fourth-order valence-electron chi connectivity index (χ4n) is 7.05. The largest absolute Gasteiger partial charge is 0.348 e. The molecule has 0 radical (unpaired) electrons. The summed E-state index contributed by atoms with van der Waals surface area (Å²) < 4.78 is 15.0. The van der Waals surface area contributed by atoms with Crippen LogP contribution >= 0.6 is 0 Å². The molecule has 0 aliphatic carbocycles. The maximum Gasteiger partial charge on any atom is 0.251 e. The standard InChI is InChI=1S/C34H42FN5O/c1-23-18-39(13-12-36-23)19-26-6-4-8-28(14-26)30-16-25(10-11-31(30)35)17-37-34(41)29-9-5-7-27(15-29)20-40-22-32-24(2)33(40)21-38(32)3/h4-11,14-16,23-24,32-33,36H,12-13,17-22H2,1-3H3,(H,37,41)/t23-,24-,32+,33+/m0/s1. The third-order valence-corrected chi connectivity index (χ3v) is 9.30. The van der Waals surface area contributed by atoms with E-state index in [0.717, 1.165) is 56.9 Å². The molecule has 3 aromatic carbocycles. The zero-order valence-electron chi connectivity index (χ0n) is 24.4. The lowest BCUT2D eigenvalue weighted by Crippen LogP contribution is -2.48. The number of halogens is 1. The lowest BCUT2D eigenvalue weighted by molar-refractivity contribution is 0.0950. The van der Waals surface area contributed by atoms with Crippen molar-refractivity contribution in [1.82, 2.24) is 25.3 Å². The monoisotopic (exact) mass is 555 g/mol. The van der Waals surface area contributed by atoms with E-state index in [-0.39, 0.29) is 11.7 Å². The lowest BCUT2D eigenvalue weighted by atomic mass is 10.00. The number of hydrogen-bond acceptors (Lipinski definition) is 5. The second-order valence-electron chi connectivity index (χ2n) is 12.4. The highest BCUT2D eigenvalue weighted by Crippen LogP contribution is 2.35. The van der Waals surface area contributed by atoms with E-state index >= 15 is 0 Å². The van der Waals surface area contributed by atoms with E-state index in [2.05, 4.69) is 64.4 Å². The van der Waals surface area contributed by atoms with Crippen LogP contribution < -0.4 is 10.6 Å². The van der Waals surface area contributed by atoms with Crippen LogP contribution in [-0.2, 0) is 19.6 Å².